The van der Waals surface area contributed by atoms with Crippen LogP contribution in [-0.2, 0) is 26.1 Å². The van der Waals surface area contributed by atoms with E-state index in [9.17, 15) is 26.4 Å². The number of nitrogens with one attached hydrogen (secondary N) is 1. The fourth-order valence-electron chi connectivity index (χ4n) is 3.56. The highest BCUT2D eigenvalue weighted by Crippen LogP contribution is 2.29. The molecule has 2 rings (SSSR count). The van der Waals surface area contributed by atoms with Crippen molar-refractivity contribution in [2.24, 2.45) is 0 Å². The molecule has 0 saturated carbocycles. The third-order valence-corrected chi connectivity index (χ3v) is 8.42. The van der Waals surface area contributed by atoms with Gasteiger partial charge in [-0.15, -0.1) is 0 Å². The van der Waals surface area contributed by atoms with Crippen LogP contribution in [-0.4, -0.2) is 40.6 Å². The quantitative estimate of drug-likeness (QED) is 0.192. The second kappa shape index (κ2) is 10.7. The lowest BCUT2D eigenvalue weighted by Crippen LogP contribution is -2.42. The summed E-state index contributed by atoms with van der Waals surface area (Å²) < 4.78 is 73.3. The maximum atomic E-state index is 13.0. The lowest BCUT2D eigenvalue weighted by Gasteiger charge is -2.25. The highest BCUT2D eigenvalue weighted by Gasteiger charge is 2.49. The number of esters is 1. The minimum Gasteiger partial charge on any atom is -0.464 e. The summed E-state index contributed by atoms with van der Waals surface area (Å²) in [5, 5.41) is 3.53. The van der Waals surface area contributed by atoms with Crippen LogP contribution in [0.3, 0.4) is 0 Å². The zero-order valence-corrected chi connectivity index (χ0v) is 22.8. The molecule has 0 fully saturated rings. The Morgan fingerprint density at radius 2 is 1.74 bits per heavy atom. The average Bonchev–Trinajstić information content (AvgIpc) is 2.66. The van der Waals surface area contributed by atoms with E-state index in [4.69, 9.17) is 4.74 Å². The molecule has 0 aliphatic heterocycles. The molecule has 12 heteroatoms. The van der Waals surface area contributed by atoms with Gasteiger partial charge in [-0.3, -0.25) is 0 Å². The molecule has 0 spiro atoms. The molecular weight excluding hydrogens is 555 g/mol. The Morgan fingerprint density at radius 3 is 2.24 bits per heavy atom. The number of anilines is 1. The van der Waals surface area contributed by atoms with Gasteiger partial charge in [-0.05, 0) is 60.5 Å². The Labute approximate surface area is 207 Å². The van der Waals surface area contributed by atoms with Gasteiger partial charge in [0, 0.05) is 16.6 Å². The second-order valence-electron chi connectivity index (χ2n) is 8.68. The van der Waals surface area contributed by atoms with Crippen molar-refractivity contribution < 1.29 is 35.3 Å². The predicted octanol–water partition coefficient (Wildman–Crippen LogP) is 5.12. The number of carbonyl (C=O) groups excluding carboxylic acids is 1. The van der Waals surface area contributed by atoms with Gasteiger partial charge in [-0.25, -0.2) is 4.79 Å². The van der Waals surface area contributed by atoms with Crippen LogP contribution in [0, 0.1) is 6.92 Å². The van der Waals surface area contributed by atoms with Crippen LogP contribution >= 0.6 is 15.9 Å². The van der Waals surface area contributed by atoms with E-state index in [0.29, 0.717) is 22.0 Å². The van der Waals surface area contributed by atoms with Gasteiger partial charge in [-0.2, -0.15) is 21.6 Å². The Hall–Kier alpha value is -2.05. The summed E-state index contributed by atoms with van der Waals surface area (Å²) in [4.78, 5) is 12.6. The van der Waals surface area contributed by atoms with Crippen LogP contribution in [0.1, 0.15) is 18.1 Å². The first-order valence-corrected chi connectivity index (χ1v) is 16.1. The molecule has 1 atom stereocenters. The summed E-state index contributed by atoms with van der Waals surface area (Å²) in [6.07, 6.45) is 0.0319. The third kappa shape index (κ3) is 7.22. The maximum Gasteiger partial charge on any atom is 0.534 e. The summed E-state index contributed by atoms with van der Waals surface area (Å²) in [5.41, 5.74) is -3.91. The van der Waals surface area contributed by atoms with Crippen LogP contribution in [0.4, 0.5) is 18.9 Å². The Morgan fingerprint density at radius 1 is 1.15 bits per heavy atom. The van der Waals surface area contributed by atoms with E-state index < -0.39 is 35.7 Å². The van der Waals surface area contributed by atoms with Crippen molar-refractivity contribution in [3.8, 4) is 5.75 Å². The zero-order valence-electron chi connectivity index (χ0n) is 19.4. The first kappa shape index (κ1) is 28.2. The molecular formula is C22H27BrF3NO5SSi. The average molecular weight is 583 g/mol. The number of carbonyl (C=O) groups is 1. The van der Waals surface area contributed by atoms with E-state index in [2.05, 4.69) is 25.4 Å². The summed E-state index contributed by atoms with van der Waals surface area (Å²) in [6.45, 7) is 9.11. The molecule has 0 aliphatic carbocycles. The molecule has 0 aromatic heterocycles. The molecule has 2 aromatic rings. The van der Waals surface area contributed by atoms with E-state index >= 15 is 0 Å². The molecule has 2 aromatic carbocycles. The minimum absolute atomic E-state index is 0.0319. The number of benzene rings is 2. The van der Waals surface area contributed by atoms with E-state index in [0.717, 1.165) is 4.47 Å². The van der Waals surface area contributed by atoms with Crippen LogP contribution in [0.2, 0.25) is 19.6 Å². The topological polar surface area (TPSA) is 81.7 Å². The van der Waals surface area contributed by atoms with Gasteiger partial charge in [0.05, 0.1) is 14.7 Å². The van der Waals surface area contributed by atoms with Crippen LogP contribution in [0.25, 0.3) is 0 Å². The van der Waals surface area contributed by atoms with Crippen molar-refractivity contribution in [1.29, 1.82) is 0 Å². The summed E-state index contributed by atoms with van der Waals surface area (Å²) in [7, 11) is -8.18. The summed E-state index contributed by atoms with van der Waals surface area (Å²) in [6, 6.07) is 9.19. The van der Waals surface area contributed by atoms with Crippen molar-refractivity contribution in [1.82, 2.24) is 0 Å². The third-order valence-electron chi connectivity index (χ3n) is 4.79. The number of ether oxygens (including phenoxy) is 1. The summed E-state index contributed by atoms with van der Waals surface area (Å²) >= 11 is 3.34. The van der Waals surface area contributed by atoms with Crippen molar-refractivity contribution in [2.75, 3.05) is 11.9 Å². The molecule has 0 amide bonds. The monoisotopic (exact) mass is 581 g/mol. The van der Waals surface area contributed by atoms with Gasteiger partial charge in [-0.1, -0.05) is 41.6 Å². The molecule has 0 aliphatic rings. The summed E-state index contributed by atoms with van der Waals surface area (Å²) in [5.74, 6) is -0.916. The van der Waals surface area contributed by atoms with Crippen molar-refractivity contribution in [3.05, 3.63) is 52.0 Å². The molecule has 0 radical (unpaired) electrons. The minimum atomic E-state index is -5.86. The van der Waals surface area contributed by atoms with Crippen molar-refractivity contribution >= 4 is 51.0 Å². The maximum absolute atomic E-state index is 13.0. The molecule has 1 unspecified atom stereocenters. The van der Waals surface area contributed by atoms with E-state index in [-0.39, 0.29) is 18.8 Å². The number of alkyl halides is 3. The number of halogens is 4. The Bertz CT molecular complexity index is 1130. The van der Waals surface area contributed by atoms with Crippen molar-refractivity contribution in [3.63, 3.8) is 0 Å². The molecule has 0 heterocycles. The van der Waals surface area contributed by atoms with Gasteiger partial charge < -0.3 is 14.2 Å². The molecule has 0 saturated heterocycles. The number of hydrogen-bond donors (Lipinski definition) is 1. The number of aryl methyl sites for hydroxylation is 1. The molecule has 34 heavy (non-hydrogen) atoms. The van der Waals surface area contributed by atoms with Crippen molar-refractivity contribution in [2.45, 2.75) is 51.5 Å². The van der Waals surface area contributed by atoms with Crippen LogP contribution < -0.4 is 14.7 Å². The number of hydrogen-bond acceptors (Lipinski definition) is 6. The zero-order chi connectivity index (χ0) is 25.9. The molecule has 6 nitrogen and oxygen atoms in total. The fraction of sp³-hybridized carbons (Fsp3) is 0.409. The van der Waals surface area contributed by atoms with Gasteiger partial charge in [0.2, 0.25) is 0 Å². The molecule has 0 bridgehead atoms. The largest absolute Gasteiger partial charge is 0.534 e. The molecule has 1 N–H and O–H groups in total. The normalized spacial score (nSPS) is 13.3. The SMILES string of the molecule is CCOC(=O)C(Cc1cc(C)c([Si](C)(C)C)c(OS(=O)(=O)C(F)(F)F)c1)Nc1ccc(Br)cc1. The van der Waals surface area contributed by atoms with E-state index in [1.54, 1.807) is 44.2 Å². The predicted molar refractivity (Wildman–Crippen MR) is 132 cm³/mol. The van der Waals surface area contributed by atoms with Gasteiger partial charge in [0.1, 0.15) is 11.8 Å². The lowest BCUT2D eigenvalue weighted by molar-refractivity contribution is -0.144. The standard InChI is InChI=1S/C22H27BrF3NO5SSi/c1-6-31-21(28)18(27-17-9-7-16(23)8-10-17)12-15-11-14(2)20(34(3,4)5)19(13-15)32-33(29,30)22(24,25)26/h7-11,13,18,27H,6,12H2,1-5H3. The highest BCUT2D eigenvalue weighted by atomic mass is 79.9. The van der Waals surface area contributed by atoms with Gasteiger partial charge in [0.25, 0.3) is 0 Å². The highest BCUT2D eigenvalue weighted by molar-refractivity contribution is 9.10. The Kier molecular flexibility index (Phi) is 8.86. The Balaban J connectivity index is 2.51. The molecule has 188 valence electrons. The fourth-order valence-corrected chi connectivity index (χ4v) is 6.47. The lowest BCUT2D eigenvalue weighted by atomic mass is 10.0. The van der Waals surface area contributed by atoms with Gasteiger partial charge in [0.15, 0.2) is 0 Å². The number of rotatable bonds is 9. The van der Waals surface area contributed by atoms with Gasteiger partial charge >= 0.3 is 21.6 Å². The van der Waals surface area contributed by atoms with E-state index in [1.165, 1.54) is 6.07 Å². The van der Waals surface area contributed by atoms with Crippen LogP contribution in [0.15, 0.2) is 40.9 Å². The van der Waals surface area contributed by atoms with E-state index in [1.807, 2.05) is 19.6 Å². The smallest absolute Gasteiger partial charge is 0.464 e. The van der Waals surface area contributed by atoms with Crippen LogP contribution in [0.5, 0.6) is 5.75 Å². The first-order valence-electron chi connectivity index (χ1n) is 10.4. The first-order chi connectivity index (χ1) is 15.5. The second-order valence-corrected chi connectivity index (χ2v) is 16.1.